The molecule has 0 bridgehead atoms. The van der Waals surface area contributed by atoms with Gasteiger partial charge in [0.2, 0.25) is 0 Å². The quantitative estimate of drug-likeness (QED) is 0.627. The van der Waals surface area contributed by atoms with E-state index in [9.17, 15) is 0 Å². The largest absolute Gasteiger partial charge is 0.360 e. The lowest BCUT2D eigenvalue weighted by atomic mass is 9.88. The van der Waals surface area contributed by atoms with Gasteiger partial charge in [0.25, 0.3) is 0 Å². The maximum Gasteiger partial charge on any atom is 0.0989 e. The van der Waals surface area contributed by atoms with Crippen LogP contribution in [0.25, 0.3) is 0 Å². The third kappa shape index (κ3) is 2.83. The molecule has 1 aromatic rings. The van der Waals surface area contributed by atoms with Crippen molar-refractivity contribution in [2.45, 2.75) is 44.4 Å². The maximum absolute atomic E-state index is 8.46. The van der Waals surface area contributed by atoms with Crippen LogP contribution < -0.4 is 0 Å². The van der Waals surface area contributed by atoms with Crippen LogP contribution in [0.3, 0.4) is 0 Å². The predicted molar refractivity (Wildman–Crippen MR) is 79.7 cm³/mol. The minimum absolute atomic E-state index is 0.545. The van der Waals surface area contributed by atoms with Gasteiger partial charge in [-0.15, -0.1) is 0 Å². The summed E-state index contributed by atoms with van der Waals surface area (Å²) in [5, 5.41) is 8.46. The van der Waals surface area contributed by atoms with Crippen LogP contribution in [0, 0.1) is 11.3 Å². The maximum atomic E-state index is 8.46. The fourth-order valence-electron chi connectivity index (χ4n) is 3.61. The molecule has 1 saturated heterocycles. The summed E-state index contributed by atoms with van der Waals surface area (Å²) in [5.74, 6) is 2.10. The van der Waals surface area contributed by atoms with Gasteiger partial charge in [-0.25, -0.2) is 0 Å². The van der Waals surface area contributed by atoms with E-state index in [1.807, 2.05) is 0 Å². The lowest BCUT2D eigenvalue weighted by molar-refractivity contribution is 0.385. The van der Waals surface area contributed by atoms with Crippen molar-refractivity contribution in [3.8, 4) is 0 Å². The van der Waals surface area contributed by atoms with Gasteiger partial charge in [0, 0.05) is 24.9 Å². The van der Waals surface area contributed by atoms with Gasteiger partial charge in [0.15, 0.2) is 0 Å². The normalized spacial score (nSPS) is 24.6. The van der Waals surface area contributed by atoms with Crippen molar-refractivity contribution in [1.29, 1.82) is 5.41 Å². The van der Waals surface area contributed by atoms with E-state index >= 15 is 0 Å². The van der Waals surface area contributed by atoms with Gasteiger partial charge in [0.05, 0.1) is 5.84 Å². The van der Waals surface area contributed by atoms with Crippen LogP contribution in [0.5, 0.6) is 0 Å². The number of benzene rings is 1. The molecule has 1 N–H and O–H groups in total. The first-order chi connectivity index (χ1) is 9.34. The van der Waals surface area contributed by atoms with E-state index in [0.717, 1.165) is 18.9 Å². The molecule has 1 unspecified atom stereocenters. The second-order valence-electron chi connectivity index (χ2n) is 6.06. The van der Waals surface area contributed by atoms with E-state index in [1.165, 1.54) is 44.1 Å². The van der Waals surface area contributed by atoms with E-state index in [1.54, 1.807) is 0 Å². The number of hydrogen-bond donors (Lipinski definition) is 1. The van der Waals surface area contributed by atoms with Crippen LogP contribution in [0.1, 0.15) is 50.0 Å². The fraction of sp³-hybridized carbons (Fsp3) is 0.588. The molecule has 1 aliphatic heterocycles. The van der Waals surface area contributed by atoms with Crippen LogP contribution in [0.2, 0.25) is 0 Å². The van der Waals surface area contributed by atoms with Crippen molar-refractivity contribution >= 4 is 5.84 Å². The number of likely N-dealkylation sites (tertiary alicyclic amines) is 1. The third-order valence-electron chi connectivity index (χ3n) is 4.79. The summed E-state index contributed by atoms with van der Waals surface area (Å²) in [6.07, 6.45) is 7.71. The number of amidine groups is 1. The Kier molecular flexibility index (Phi) is 3.86. The molecule has 2 nitrogen and oxygen atoms in total. The molecule has 102 valence electrons. The first-order valence-electron chi connectivity index (χ1n) is 7.73. The van der Waals surface area contributed by atoms with Crippen LogP contribution in [0.15, 0.2) is 30.3 Å². The Hall–Kier alpha value is -1.31. The third-order valence-corrected chi connectivity index (χ3v) is 4.79. The standard InChI is InChI=1S/C17H24N2/c18-17(15-9-5-2-6-10-15)19-12-11-16(13-19)14-7-3-1-4-8-14/h1,3-4,7-8,15-16,18H,2,5-6,9-13H2. The molecule has 1 aromatic carbocycles. The summed E-state index contributed by atoms with van der Waals surface area (Å²) in [4.78, 5) is 2.34. The Morgan fingerprint density at radius 2 is 1.74 bits per heavy atom. The minimum Gasteiger partial charge on any atom is -0.360 e. The molecule has 1 heterocycles. The SMILES string of the molecule is N=C(C1CCCCC1)N1CCC(c2ccccc2)C1. The molecule has 0 aromatic heterocycles. The highest BCUT2D eigenvalue weighted by atomic mass is 15.2. The van der Waals surface area contributed by atoms with Crippen LogP contribution in [0.4, 0.5) is 0 Å². The van der Waals surface area contributed by atoms with Crippen LogP contribution in [-0.4, -0.2) is 23.8 Å². The van der Waals surface area contributed by atoms with Gasteiger partial charge in [-0.05, 0) is 24.8 Å². The molecule has 2 heteroatoms. The number of nitrogens with one attached hydrogen (secondary N) is 1. The van der Waals surface area contributed by atoms with Crippen LogP contribution in [-0.2, 0) is 0 Å². The number of hydrogen-bond acceptors (Lipinski definition) is 1. The Morgan fingerprint density at radius 1 is 1.00 bits per heavy atom. The highest BCUT2D eigenvalue weighted by Gasteiger charge is 2.29. The molecular weight excluding hydrogens is 232 g/mol. The zero-order valence-corrected chi connectivity index (χ0v) is 11.6. The first kappa shape index (κ1) is 12.7. The predicted octanol–water partition coefficient (Wildman–Crippen LogP) is 4.03. The van der Waals surface area contributed by atoms with Crippen molar-refractivity contribution in [2.24, 2.45) is 5.92 Å². The molecule has 2 fully saturated rings. The first-order valence-corrected chi connectivity index (χ1v) is 7.73. The smallest absolute Gasteiger partial charge is 0.0989 e. The monoisotopic (exact) mass is 256 g/mol. The summed E-state index contributed by atoms with van der Waals surface area (Å²) in [6, 6.07) is 10.8. The Bertz CT molecular complexity index is 420. The summed E-state index contributed by atoms with van der Waals surface area (Å²) in [5.41, 5.74) is 1.45. The molecule has 0 radical (unpaired) electrons. The highest BCUT2D eigenvalue weighted by Crippen LogP contribution is 2.31. The number of nitrogens with zero attached hydrogens (tertiary/aromatic N) is 1. The average molecular weight is 256 g/mol. The lowest BCUT2D eigenvalue weighted by Crippen LogP contribution is -2.34. The Labute approximate surface area is 116 Å². The summed E-state index contributed by atoms with van der Waals surface area (Å²) in [6.45, 7) is 2.13. The molecule has 1 saturated carbocycles. The molecule has 19 heavy (non-hydrogen) atoms. The lowest BCUT2D eigenvalue weighted by Gasteiger charge is -2.29. The van der Waals surface area contributed by atoms with Gasteiger partial charge >= 0.3 is 0 Å². The topological polar surface area (TPSA) is 27.1 Å². The summed E-state index contributed by atoms with van der Waals surface area (Å²) in [7, 11) is 0. The zero-order valence-electron chi connectivity index (χ0n) is 11.6. The molecular formula is C17H24N2. The van der Waals surface area contributed by atoms with Crippen molar-refractivity contribution in [2.75, 3.05) is 13.1 Å². The van der Waals surface area contributed by atoms with E-state index in [2.05, 4.69) is 35.2 Å². The summed E-state index contributed by atoms with van der Waals surface area (Å²) >= 11 is 0. The molecule has 0 spiro atoms. The van der Waals surface area contributed by atoms with Gasteiger partial charge in [-0.1, -0.05) is 49.6 Å². The second kappa shape index (κ2) is 5.77. The molecule has 2 aliphatic rings. The van der Waals surface area contributed by atoms with Crippen molar-refractivity contribution < 1.29 is 0 Å². The van der Waals surface area contributed by atoms with Gasteiger partial charge in [0.1, 0.15) is 0 Å². The highest BCUT2D eigenvalue weighted by molar-refractivity contribution is 5.82. The van der Waals surface area contributed by atoms with Crippen molar-refractivity contribution in [3.05, 3.63) is 35.9 Å². The van der Waals surface area contributed by atoms with Gasteiger partial charge in [-0.2, -0.15) is 0 Å². The molecule has 1 aliphatic carbocycles. The van der Waals surface area contributed by atoms with E-state index < -0.39 is 0 Å². The molecule has 3 rings (SSSR count). The average Bonchev–Trinajstić information content (AvgIpc) is 2.98. The van der Waals surface area contributed by atoms with E-state index in [4.69, 9.17) is 5.41 Å². The van der Waals surface area contributed by atoms with E-state index in [-0.39, 0.29) is 0 Å². The van der Waals surface area contributed by atoms with E-state index in [0.29, 0.717) is 11.8 Å². The zero-order chi connectivity index (χ0) is 13.1. The Balaban J connectivity index is 1.61. The summed E-state index contributed by atoms with van der Waals surface area (Å²) < 4.78 is 0. The molecule has 1 atom stereocenters. The van der Waals surface area contributed by atoms with Crippen LogP contribution >= 0.6 is 0 Å². The Morgan fingerprint density at radius 3 is 2.47 bits per heavy atom. The van der Waals surface area contributed by atoms with Crippen molar-refractivity contribution in [1.82, 2.24) is 4.90 Å². The molecule has 0 amide bonds. The second-order valence-corrected chi connectivity index (χ2v) is 6.06. The minimum atomic E-state index is 0.545. The van der Waals surface area contributed by atoms with Gasteiger partial charge < -0.3 is 4.90 Å². The fourth-order valence-corrected chi connectivity index (χ4v) is 3.61. The van der Waals surface area contributed by atoms with Crippen molar-refractivity contribution in [3.63, 3.8) is 0 Å². The number of rotatable bonds is 2. The van der Waals surface area contributed by atoms with Gasteiger partial charge in [-0.3, -0.25) is 5.41 Å².